The molecule has 0 spiro atoms. The molecule has 1 unspecified atom stereocenters. The van der Waals surface area contributed by atoms with Gasteiger partial charge in [-0.3, -0.25) is 4.79 Å². The second-order valence-electron chi connectivity index (χ2n) is 9.09. The zero-order valence-electron chi connectivity index (χ0n) is 22.6. The van der Waals surface area contributed by atoms with Crippen LogP contribution in [0.1, 0.15) is 33.5 Å². The summed E-state index contributed by atoms with van der Waals surface area (Å²) in [6, 6.07) is 31.3. The molecule has 4 rings (SSSR count). The number of carboxylic acid groups (broad SMARTS) is 1. The molecule has 0 fully saturated rings. The fourth-order valence-electron chi connectivity index (χ4n) is 4.34. The molecule has 4 nitrogen and oxygen atoms in total. The van der Waals surface area contributed by atoms with Crippen molar-refractivity contribution in [1.82, 2.24) is 5.32 Å². The van der Waals surface area contributed by atoms with Crippen molar-refractivity contribution in [2.24, 2.45) is 0 Å². The number of thioether (sulfide) groups is 1. The number of aryl methyl sites for hydroxylation is 1. The summed E-state index contributed by atoms with van der Waals surface area (Å²) in [5.74, 6) is -0.762. The average Bonchev–Trinajstić information content (AvgIpc) is 2.94. The molecule has 0 saturated heterocycles. The Hall–Kier alpha value is -3.49. The predicted octanol–water partition coefficient (Wildman–Crippen LogP) is 4.44. The van der Waals surface area contributed by atoms with Gasteiger partial charge in [0.2, 0.25) is 0 Å². The Morgan fingerprint density at radius 3 is 2.18 bits per heavy atom. The number of aliphatic carboxylic acids is 1. The van der Waals surface area contributed by atoms with E-state index in [4.69, 9.17) is 0 Å². The molecule has 0 aliphatic carbocycles. The Balaban J connectivity index is 0.00000420. The van der Waals surface area contributed by atoms with Crippen molar-refractivity contribution < 1.29 is 33.6 Å². The van der Waals surface area contributed by atoms with E-state index in [1.807, 2.05) is 79.9 Å². The SMILES string of the molecule is CSCCC(NC(=O)c1ccc(/C=C/c2cccc(-c3ccccc3)c2)cc1-c1ccccc1C)C(=O)O.[Li+]. The van der Waals surface area contributed by atoms with Crippen molar-refractivity contribution in [1.29, 1.82) is 0 Å². The first kappa shape index (κ1) is 30.1. The zero-order chi connectivity index (χ0) is 26.9. The summed E-state index contributed by atoms with van der Waals surface area (Å²) < 4.78 is 0. The number of rotatable bonds is 10. The van der Waals surface area contributed by atoms with Gasteiger partial charge in [-0.2, -0.15) is 11.8 Å². The van der Waals surface area contributed by atoms with Gasteiger partial charge in [0.05, 0.1) is 0 Å². The predicted molar refractivity (Wildman–Crippen MR) is 159 cm³/mol. The minimum Gasteiger partial charge on any atom is -0.480 e. The molecule has 0 radical (unpaired) electrons. The van der Waals surface area contributed by atoms with E-state index in [9.17, 15) is 14.7 Å². The van der Waals surface area contributed by atoms with Gasteiger partial charge < -0.3 is 10.4 Å². The number of carbonyl (C=O) groups excluding carboxylic acids is 1. The van der Waals surface area contributed by atoms with Crippen LogP contribution >= 0.6 is 11.8 Å². The second kappa shape index (κ2) is 14.6. The third-order valence-electron chi connectivity index (χ3n) is 6.40. The molecule has 0 aliphatic heterocycles. The molecule has 0 heterocycles. The fraction of sp³-hybridized carbons (Fsp3) is 0.152. The molecule has 4 aromatic carbocycles. The third-order valence-corrected chi connectivity index (χ3v) is 7.04. The third kappa shape index (κ3) is 8.00. The Bertz CT molecular complexity index is 1450. The number of hydrogen-bond donors (Lipinski definition) is 2. The molecular weight excluding hydrogens is 497 g/mol. The molecule has 4 aromatic rings. The van der Waals surface area contributed by atoms with E-state index in [0.717, 1.165) is 38.9 Å². The van der Waals surface area contributed by atoms with Crippen LogP contribution in [0.3, 0.4) is 0 Å². The number of nitrogens with one attached hydrogen (secondary N) is 1. The van der Waals surface area contributed by atoms with Crippen LogP contribution in [0.15, 0.2) is 97.1 Å². The van der Waals surface area contributed by atoms with Crippen molar-refractivity contribution in [3.63, 3.8) is 0 Å². The number of benzene rings is 4. The fourth-order valence-corrected chi connectivity index (χ4v) is 4.81. The minimum absolute atomic E-state index is 0. The Morgan fingerprint density at radius 2 is 1.49 bits per heavy atom. The van der Waals surface area contributed by atoms with Crippen molar-refractivity contribution in [2.75, 3.05) is 12.0 Å². The quantitative estimate of drug-likeness (QED) is 0.236. The summed E-state index contributed by atoms with van der Waals surface area (Å²) in [5, 5.41) is 12.3. The van der Waals surface area contributed by atoms with Gasteiger partial charge >= 0.3 is 24.8 Å². The number of carboxylic acids is 1. The first-order chi connectivity index (χ1) is 18.5. The first-order valence-electron chi connectivity index (χ1n) is 12.5. The molecule has 1 amide bonds. The number of hydrogen-bond acceptors (Lipinski definition) is 3. The average molecular weight is 529 g/mol. The maximum atomic E-state index is 13.3. The van der Waals surface area contributed by atoms with E-state index >= 15 is 0 Å². The van der Waals surface area contributed by atoms with Crippen LogP contribution in [-0.4, -0.2) is 35.0 Å². The summed E-state index contributed by atoms with van der Waals surface area (Å²) in [6.45, 7) is 2.01. The summed E-state index contributed by atoms with van der Waals surface area (Å²) in [6.07, 6.45) is 6.38. The van der Waals surface area contributed by atoms with Crippen LogP contribution in [0.25, 0.3) is 34.4 Å². The van der Waals surface area contributed by atoms with E-state index < -0.39 is 12.0 Å². The monoisotopic (exact) mass is 528 g/mol. The number of carbonyl (C=O) groups is 2. The molecule has 39 heavy (non-hydrogen) atoms. The maximum Gasteiger partial charge on any atom is 1.00 e. The van der Waals surface area contributed by atoms with E-state index in [0.29, 0.717) is 17.7 Å². The van der Waals surface area contributed by atoms with Gasteiger partial charge in [0, 0.05) is 5.56 Å². The van der Waals surface area contributed by atoms with Crippen LogP contribution in [-0.2, 0) is 4.79 Å². The standard InChI is InChI=1S/C33H31NO3S.Li/c1-23-9-6-7-14-28(23)30-22-25(17-18-29(30)32(35)34-31(33(36)37)19-20-38-2)16-15-24-10-8-13-27(21-24)26-11-4-3-5-12-26;/h3-18,21-22,31H,19-20H2,1-2H3,(H,34,35)(H,36,37);/q;+1/b16-15+;. The minimum atomic E-state index is -1.03. The zero-order valence-corrected chi connectivity index (χ0v) is 23.4. The van der Waals surface area contributed by atoms with Crippen molar-refractivity contribution in [3.05, 3.63) is 119 Å². The molecule has 0 saturated carbocycles. The Labute approximate surface area is 246 Å². The summed E-state index contributed by atoms with van der Waals surface area (Å²) in [5.41, 5.74) is 7.54. The van der Waals surface area contributed by atoms with Gasteiger partial charge in [0.15, 0.2) is 0 Å². The maximum absolute atomic E-state index is 13.3. The molecule has 0 aromatic heterocycles. The van der Waals surface area contributed by atoms with E-state index in [1.54, 1.807) is 17.8 Å². The van der Waals surface area contributed by atoms with Gasteiger partial charge in [0.25, 0.3) is 5.91 Å². The van der Waals surface area contributed by atoms with Gasteiger partial charge in [-0.1, -0.05) is 91.0 Å². The second-order valence-corrected chi connectivity index (χ2v) is 10.1. The van der Waals surface area contributed by atoms with Gasteiger partial charge in [-0.05, 0) is 82.5 Å². The molecule has 1 atom stereocenters. The van der Waals surface area contributed by atoms with Crippen molar-refractivity contribution >= 4 is 35.8 Å². The molecule has 0 bridgehead atoms. The summed E-state index contributed by atoms with van der Waals surface area (Å²) in [7, 11) is 0. The topological polar surface area (TPSA) is 66.4 Å². The molecule has 6 heteroatoms. The van der Waals surface area contributed by atoms with Crippen LogP contribution in [0, 0.1) is 6.92 Å². The van der Waals surface area contributed by atoms with Crippen LogP contribution in [0.4, 0.5) is 0 Å². The molecular formula is C33H31LiNO3S+. The van der Waals surface area contributed by atoms with Gasteiger partial charge in [-0.15, -0.1) is 0 Å². The van der Waals surface area contributed by atoms with Crippen molar-refractivity contribution in [2.45, 2.75) is 19.4 Å². The van der Waals surface area contributed by atoms with Crippen LogP contribution in [0.2, 0.25) is 0 Å². The normalized spacial score (nSPS) is 11.5. The van der Waals surface area contributed by atoms with Crippen LogP contribution < -0.4 is 24.2 Å². The summed E-state index contributed by atoms with van der Waals surface area (Å²) in [4.78, 5) is 25.0. The van der Waals surface area contributed by atoms with Crippen LogP contribution in [0.5, 0.6) is 0 Å². The number of amides is 1. The van der Waals surface area contributed by atoms with Crippen molar-refractivity contribution in [3.8, 4) is 22.3 Å². The Morgan fingerprint density at radius 1 is 0.821 bits per heavy atom. The van der Waals surface area contributed by atoms with E-state index in [2.05, 4.69) is 41.7 Å². The van der Waals surface area contributed by atoms with E-state index in [1.165, 1.54) is 0 Å². The molecule has 2 N–H and O–H groups in total. The first-order valence-corrected chi connectivity index (χ1v) is 13.9. The summed E-state index contributed by atoms with van der Waals surface area (Å²) >= 11 is 1.56. The van der Waals surface area contributed by atoms with Gasteiger partial charge in [0.1, 0.15) is 6.04 Å². The smallest absolute Gasteiger partial charge is 0.480 e. The molecule has 192 valence electrons. The van der Waals surface area contributed by atoms with Gasteiger partial charge in [-0.25, -0.2) is 4.79 Å². The largest absolute Gasteiger partial charge is 1.00 e. The molecule has 0 aliphatic rings. The van der Waals surface area contributed by atoms with E-state index in [-0.39, 0.29) is 24.8 Å². The Kier molecular flexibility index (Phi) is 11.3.